The second kappa shape index (κ2) is 5.57. The van der Waals surface area contributed by atoms with Crippen molar-refractivity contribution in [2.45, 2.75) is 6.54 Å². The van der Waals surface area contributed by atoms with E-state index in [0.29, 0.717) is 6.54 Å². The minimum absolute atomic E-state index is 0.175. The lowest BCUT2D eigenvalue weighted by Gasteiger charge is -2.17. The fourth-order valence-corrected chi connectivity index (χ4v) is 1.37. The fourth-order valence-electron chi connectivity index (χ4n) is 1.37. The number of hydrogen-bond donors (Lipinski definition) is 1. The van der Waals surface area contributed by atoms with Crippen LogP contribution in [0.1, 0.15) is 5.56 Å². The third kappa shape index (κ3) is 3.32. The summed E-state index contributed by atoms with van der Waals surface area (Å²) >= 11 is 0. The first-order valence-corrected chi connectivity index (χ1v) is 4.68. The highest BCUT2D eigenvalue weighted by molar-refractivity contribution is 5.03. The predicted octanol–water partition coefficient (Wildman–Crippen LogP) is 0.400. The molecule has 78 valence electrons. The highest BCUT2D eigenvalue weighted by atomic mass is 16.3. The minimum atomic E-state index is 0.175. The minimum Gasteiger partial charge on any atom is -0.395 e. The molecule has 0 amide bonds. The molecule has 4 nitrogen and oxygen atoms in total. The molecule has 0 spiro atoms. The molecule has 1 heterocycles. The molecule has 14 heavy (non-hydrogen) atoms. The van der Waals surface area contributed by atoms with Crippen molar-refractivity contribution in [2.75, 3.05) is 19.7 Å². The number of hydrogen-bond acceptors (Lipinski definition) is 3. The van der Waals surface area contributed by atoms with Gasteiger partial charge in [-0.1, -0.05) is 6.08 Å². The van der Waals surface area contributed by atoms with E-state index in [1.54, 1.807) is 4.68 Å². The number of aryl methyl sites for hydroxylation is 1. The molecule has 1 N–H and O–H groups in total. The molecule has 0 aliphatic heterocycles. The third-order valence-electron chi connectivity index (χ3n) is 1.97. The van der Waals surface area contributed by atoms with Crippen LogP contribution >= 0.6 is 0 Å². The molecule has 1 rings (SSSR count). The summed E-state index contributed by atoms with van der Waals surface area (Å²) in [4.78, 5) is 2.12. The van der Waals surface area contributed by atoms with Crippen molar-refractivity contribution in [2.24, 2.45) is 7.05 Å². The number of aliphatic hydroxyl groups is 1. The van der Waals surface area contributed by atoms with Crippen molar-refractivity contribution in [1.82, 2.24) is 14.7 Å². The molecule has 0 aliphatic carbocycles. The molecule has 4 heteroatoms. The maximum absolute atomic E-state index is 8.85. The number of aromatic nitrogens is 2. The SMILES string of the molecule is C=CCN(CCO)Cc1cnn(C)c1. The first-order valence-electron chi connectivity index (χ1n) is 4.68. The maximum Gasteiger partial charge on any atom is 0.0558 e. The van der Waals surface area contributed by atoms with Crippen LogP contribution in [0.3, 0.4) is 0 Å². The van der Waals surface area contributed by atoms with E-state index in [2.05, 4.69) is 16.6 Å². The standard InChI is InChI=1S/C10H17N3O/c1-3-4-13(5-6-14)9-10-7-11-12(2)8-10/h3,7-8,14H,1,4-6,9H2,2H3. The molecule has 0 saturated carbocycles. The van der Waals surface area contributed by atoms with Gasteiger partial charge in [0.05, 0.1) is 12.8 Å². The van der Waals surface area contributed by atoms with Gasteiger partial charge in [-0.3, -0.25) is 9.58 Å². The van der Waals surface area contributed by atoms with Gasteiger partial charge in [0.15, 0.2) is 0 Å². The summed E-state index contributed by atoms with van der Waals surface area (Å²) in [6, 6.07) is 0. The van der Waals surface area contributed by atoms with E-state index >= 15 is 0 Å². The molecular formula is C10H17N3O. The van der Waals surface area contributed by atoms with Gasteiger partial charge in [0, 0.05) is 38.4 Å². The summed E-state index contributed by atoms with van der Waals surface area (Å²) < 4.78 is 1.78. The summed E-state index contributed by atoms with van der Waals surface area (Å²) in [5, 5.41) is 12.9. The second-order valence-electron chi connectivity index (χ2n) is 3.27. The smallest absolute Gasteiger partial charge is 0.0558 e. The van der Waals surface area contributed by atoms with E-state index in [-0.39, 0.29) is 6.61 Å². The Morgan fingerprint density at radius 2 is 2.50 bits per heavy atom. The largest absolute Gasteiger partial charge is 0.395 e. The summed E-state index contributed by atoms with van der Waals surface area (Å²) in [5.74, 6) is 0. The lowest BCUT2D eigenvalue weighted by atomic mass is 10.3. The second-order valence-corrected chi connectivity index (χ2v) is 3.27. The van der Waals surface area contributed by atoms with Crippen LogP contribution in [0, 0.1) is 0 Å². The van der Waals surface area contributed by atoms with Crippen LogP contribution < -0.4 is 0 Å². The monoisotopic (exact) mass is 195 g/mol. The Labute approximate surface area is 84.5 Å². The summed E-state index contributed by atoms with van der Waals surface area (Å²) in [7, 11) is 1.90. The molecule has 0 radical (unpaired) electrons. The molecule has 1 aromatic heterocycles. The van der Waals surface area contributed by atoms with Crippen LogP contribution in [-0.4, -0.2) is 39.5 Å². The lowest BCUT2D eigenvalue weighted by molar-refractivity contribution is 0.203. The fraction of sp³-hybridized carbons (Fsp3) is 0.500. The highest BCUT2D eigenvalue weighted by Crippen LogP contribution is 2.02. The van der Waals surface area contributed by atoms with E-state index in [4.69, 9.17) is 5.11 Å². The predicted molar refractivity (Wildman–Crippen MR) is 55.8 cm³/mol. The van der Waals surface area contributed by atoms with Crippen molar-refractivity contribution in [1.29, 1.82) is 0 Å². The van der Waals surface area contributed by atoms with Gasteiger partial charge in [-0.05, 0) is 0 Å². The van der Waals surface area contributed by atoms with Crippen LogP contribution in [0.5, 0.6) is 0 Å². The average molecular weight is 195 g/mol. The van der Waals surface area contributed by atoms with Gasteiger partial charge in [0.25, 0.3) is 0 Å². The molecular weight excluding hydrogens is 178 g/mol. The van der Waals surface area contributed by atoms with Crippen molar-refractivity contribution in [3.05, 3.63) is 30.6 Å². The molecule has 0 saturated heterocycles. The Morgan fingerprint density at radius 1 is 1.71 bits per heavy atom. The molecule has 0 aliphatic rings. The van der Waals surface area contributed by atoms with Crippen molar-refractivity contribution >= 4 is 0 Å². The Bertz CT molecular complexity index is 283. The summed E-state index contributed by atoms with van der Waals surface area (Å²) in [6.45, 7) is 6.12. The highest BCUT2D eigenvalue weighted by Gasteiger charge is 2.04. The molecule has 0 unspecified atom stereocenters. The quantitative estimate of drug-likeness (QED) is 0.668. The van der Waals surface area contributed by atoms with Crippen molar-refractivity contribution < 1.29 is 5.11 Å². The van der Waals surface area contributed by atoms with Gasteiger partial charge in [-0.25, -0.2) is 0 Å². The summed E-state index contributed by atoms with van der Waals surface area (Å²) in [5.41, 5.74) is 1.16. The van der Waals surface area contributed by atoms with E-state index in [1.165, 1.54) is 0 Å². The van der Waals surface area contributed by atoms with Gasteiger partial charge >= 0.3 is 0 Å². The van der Waals surface area contributed by atoms with Crippen LogP contribution in [0.4, 0.5) is 0 Å². The van der Waals surface area contributed by atoms with E-state index in [0.717, 1.165) is 18.7 Å². The zero-order chi connectivity index (χ0) is 10.4. The van der Waals surface area contributed by atoms with E-state index < -0.39 is 0 Å². The average Bonchev–Trinajstić information content (AvgIpc) is 2.52. The van der Waals surface area contributed by atoms with Gasteiger partial charge in [0.1, 0.15) is 0 Å². The molecule has 0 bridgehead atoms. The van der Waals surface area contributed by atoms with Gasteiger partial charge in [-0.2, -0.15) is 5.10 Å². The molecule has 0 fully saturated rings. The van der Waals surface area contributed by atoms with Crippen LogP contribution in [0.15, 0.2) is 25.0 Å². The summed E-state index contributed by atoms with van der Waals surface area (Å²) in [6.07, 6.45) is 5.66. The zero-order valence-electron chi connectivity index (χ0n) is 8.56. The van der Waals surface area contributed by atoms with Crippen LogP contribution in [0.2, 0.25) is 0 Å². The number of rotatable bonds is 6. The van der Waals surface area contributed by atoms with Crippen molar-refractivity contribution in [3.63, 3.8) is 0 Å². The van der Waals surface area contributed by atoms with Gasteiger partial charge < -0.3 is 5.11 Å². The first-order chi connectivity index (χ1) is 6.76. The topological polar surface area (TPSA) is 41.3 Å². The Balaban J connectivity index is 2.49. The Kier molecular flexibility index (Phi) is 4.35. The van der Waals surface area contributed by atoms with Crippen molar-refractivity contribution in [3.8, 4) is 0 Å². The zero-order valence-corrected chi connectivity index (χ0v) is 8.56. The van der Waals surface area contributed by atoms with Crippen LogP contribution in [0.25, 0.3) is 0 Å². The Hall–Kier alpha value is -1.13. The molecule has 0 atom stereocenters. The Morgan fingerprint density at radius 3 is 3.00 bits per heavy atom. The van der Waals surface area contributed by atoms with E-state index in [9.17, 15) is 0 Å². The number of aliphatic hydroxyl groups excluding tert-OH is 1. The first kappa shape index (κ1) is 10.9. The molecule has 1 aromatic rings. The number of nitrogens with zero attached hydrogens (tertiary/aromatic N) is 3. The third-order valence-corrected chi connectivity index (χ3v) is 1.97. The normalized spacial score (nSPS) is 10.8. The van der Waals surface area contributed by atoms with Gasteiger partial charge in [0.2, 0.25) is 0 Å². The maximum atomic E-state index is 8.85. The van der Waals surface area contributed by atoms with Crippen LogP contribution in [-0.2, 0) is 13.6 Å². The lowest BCUT2D eigenvalue weighted by Crippen LogP contribution is -2.26. The van der Waals surface area contributed by atoms with Gasteiger partial charge in [-0.15, -0.1) is 6.58 Å². The van der Waals surface area contributed by atoms with E-state index in [1.807, 2.05) is 25.5 Å². The molecule has 0 aromatic carbocycles.